The van der Waals surface area contributed by atoms with Crippen LogP contribution < -0.4 is 0 Å². The summed E-state index contributed by atoms with van der Waals surface area (Å²) >= 11 is 0. The van der Waals surface area contributed by atoms with Gasteiger partial charge in [-0.15, -0.1) is 0 Å². The van der Waals surface area contributed by atoms with E-state index in [0.29, 0.717) is 12.8 Å². The van der Waals surface area contributed by atoms with Crippen LogP contribution >= 0.6 is 0 Å². The van der Waals surface area contributed by atoms with Crippen molar-refractivity contribution in [2.45, 2.75) is 25.9 Å². The first kappa shape index (κ1) is 12.7. The second kappa shape index (κ2) is 5.69. The number of benzene rings is 2. The Hall–Kier alpha value is -1.80. The van der Waals surface area contributed by atoms with E-state index in [4.69, 9.17) is 0 Å². The van der Waals surface area contributed by atoms with Gasteiger partial charge in [-0.05, 0) is 48.6 Å². The molecule has 0 aromatic heterocycles. The Labute approximate surface area is 108 Å². The summed E-state index contributed by atoms with van der Waals surface area (Å²) in [5.41, 5.74) is 3.33. The van der Waals surface area contributed by atoms with Crippen molar-refractivity contribution in [1.29, 1.82) is 0 Å². The minimum atomic E-state index is -0.423. The van der Waals surface area contributed by atoms with Gasteiger partial charge in [0.05, 0.1) is 6.10 Å². The van der Waals surface area contributed by atoms with Gasteiger partial charge < -0.3 is 10.2 Å². The molecule has 1 unspecified atom stereocenters. The predicted octanol–water partition coefficient (Wildman–Crippen LogP) is 2.85. The van der Waals surface area contributed by atoms with Crippen LogP contribution in [0.25, 0.3) is 0 Å². The number of phenolic OH excluding ortho intramolecular Hbond substituents is 1. The van der Waals surface area contributed by atoms with Crippen LogP contribution in [-0.4, -0.2) is 16.3 Å². The first-order chi connectivity index (χ1) is 8.65. The lowest BCUT2D eigenvalue weighted by atomic mass is 9.98. The maximum Gasteiger partial charge on any atom is 0.115 e. The van der Waals surface area contributed by atoms with Crippen molar-refractivity contribution in [3.63, 3.8) is 0 Å². The Morgan fingerprint density at radius 1 is 1.00 bits per heavy atom. The molecule has 2 N–H and O–H groups in total. The number of hydrogen-bond donors (Lipinski definition) is 2. The fourth-order valence-electron chi connectivity index (χ4n) is 2.12. The van der Waals surface area contributed by atoms with Gasteiger partial charge in [0.25, 0.3) is 0 Å². The van der Waals surface area contributed by atoms with E-state index < -0.39 is 6.10 Å². The molecule has 2 aromatic rings. The molecule has 18 heavy (non-hydrogen) atoms. The molecule has 0 aliphatic heterocycles. The molecule has 94 valence electrons. The van der Waals surface area contributed by atoms with Crippen LogP contribution in [0.2, 0.25) is 0 Å². The number of phenols is 1. The lowest BCUT2D eigenvalue weighted by molar-refractivity contribution is 0.175. The van der Waals surface area contributed by atoms with E-state index in [0.717, 1.165) is 5.56 Å². The van der Waals surface area contributed by atoms with Gasteiger partial charge in [-0.3, -0.25) is 0 Å². The number of aliphatic hydroxyl groups is 1. The number of rotatable bonds is 4. The lowest BCUT2D eigenvalue weighted by Gasteiger charge is -2.12. The van der Waals surface area contributed by atoms with E-state index in [2.05, 4.69) is 13.0 Å². The zero-order chi connectivity index (χ0) is 13.0. The molecule has 0 saturated heterocycles. The average molecular weight is 242 g/mol. The summed E-state index contributed by atoms with van der Waals surface area (Å²) in [6.07, 6.45) is 0.776. The van der Waals surface area contributed by atoms with Crippen molar-refractivity contribution in [2.24, 2.45) is 0 Å². The van der Waals surface area contributed by atoms with E-state index in [-0.39, 0.29) is 5.75 Å². The van der Waals surface area contributed by atoms with Gasteiger partial charge in [0, 0.05) is 0 Å². The third-order valence-corrected chi connectivity index (χ3v) is 3.10. The third-order valence-electron chi connectivity index (χ3n) is 3.10. The van der Waals surface area contributed by atoms with Crippen molar-refractivity contribution >= 4 is 0 Å². The molecule has 0 spiro atoms. The van der Waals surface area contributed by atoms with Gasteiger partial charge in [-0.1, -0.05) is 36.4 Å². The zero-order valence-electron chi connectivity index (χ0n) is 10.5. The smallest absolute Gasteiger partial charge is 0.115 e. The van der Waals surface area contributed by atoms with Gasteiger partial charge in [0.2, 0.25) is 0 Å². The second-order valence-corrected chi connectivity index (χ2v) is 4.66. The van der Waals surface area contributed by atoms with E-state index >= 15 is 0 Å². The summed E-state index contributed by atoms with van der Waals surface area (Å²) in [5, 5.41) is 19.5. The minimum absolute atomic E-state index is 0.246. The van der Waals surface area contributed by atoms with E-state index in [1.54, 1.807) is 18.2 Å². The Morgan fingerprint density at radius 2 is 1.78 bits per heavy atom. The van der Waals surface area contributed by atoms with Gasteiger partial charge >= 0.3 is 0 Å². The quantitative estimate of drug-likeness (QED) is 0.865. The fraction of sp³-hybridized carbons (Fsp3) is 0.250. The molecule has 2 nitrogen and oxygen atoms in total. The highest BCUT2D eigenvalue weighted by Gasteiger charge is 2.08. The molecule has 2 heteroatoms. The molecule has 2 aromatic carbocycles. The largest absolute Gasteiger partial charge is 0.508 e. The first-order valence-electron chi connectivity index (χ1n) is 6.15. The van der Waals surface area contributed by atoms with Crippen LogP contribution in [-0.2, 0) is 12.8 Å². The van der Waals surface area contributed by atoms with Crippen LogP contribution in [0.4, 0.5) is 0 Å². The topological polar surface area (TPSA) is 40.5 Å². The van der Waals surface area contributed by atoms with Gasteiger partial charge in [-0.2, -0.15) is 0 Å². The highest BCUT2D eigenvalue weighted by atomic mass is 16.3. The Balaban J connectivity index is 2.01. The highest BCUT2D eigenvalue weighted by molar-refractivity contribution is 5.29. The fourth-order valence-corrected chi connectivity index (χ4v) is 2.12. The van der Waals surface area contributed by atoms with Crippen molar-refractivity contribution in [2.75, 3.05) is 0 Å². The first-order valence-corrected chi connectivity index (χ1v) is 6.15. The number of aryl methyl sites for hydroxylation is 1. The molecule has 2 rings (SSSR count). The molecular formula is C16H18O2. The Morgan fingerprint density at radius 3 is 2.50 bits per heavy atom. The maximum atomic E-state index is 10.1. The summed E-state index contributed by atoms with van der Waals surface area (Å²) < 4.78 is 0. The molecular weight excluding hydrogens is 224 g/mol. The summed E-state index contributed by atoms with van der Waals surface area (Å²) in [6.45, 7) is 2.05. The predicted molar refractivity (Wildman–Crippen MR) is 72.7 cm³/mol. The van der Waals surface area contributed by atoms with Crippen LogP contribution in [0.1, 0.15) is 16.7 Å². The molecule has 0 aliphatic rings. The number of aliphatic hydroxyl groups excluding tert-OH is 1. The molecule has 1 atom stereocenters. The molecule has 0 bridgehead atoms. The molecule has 0 amide bonds. The van der Waals surface area contributed by atoms with E-state index in [1.807, 2.05) is 24.3 Å². The Bertz CT molecular complexity index is 520. The van der Waals surface area contributed by atoms with E-state index in [9.17, 15) is 10.2 Å². The normalized spacial score (nSPS) is 12.3. The molecule has 0 fully saturated rings. The van der Waals surface area contributed by atoms with Gasteiger partial charge in [-0.25, -0.2) is 0 Å². The van der Waals surface area contributed by atoms with Crippen molar-refractivity contribution in [1.82, 2.24) is 0 Å². The summed E-state index contributed by atoms with van der Waals surface area (Å²) in [7, 11) is 0. The standard InChI is InChI=1S/C16H18O2/c1-12-5-2-3-7-14(12)11-16(18)10-13-6-4-8-15(17)9-13/h2-9,16-18H,10-11H2,1H3. The lowest BCUT2D eigenvalue weighted by Crippen LogP contribution is -2.14. The number of hydrogen-bond acceptors (Lipinski definition) is 2. The van der Waals surface area contributed by atoms with Gasteiger partial charge in [0.1, 0.15) is 5.75 Å². The van der Waals surface area contributed by atoms with Crippen LogP contribution in [0.5, 0.6) is 5.75 Å². The Kier molecular flexibility index (Phi) is 4.00. The molecule has 0 heterocycles. The minimum Gasteiger partial charge on any atom is -0.508 e. The van der Waals surface area contributed by atoms with Crippen LogP contribution in [0.3, 0.4) is 0 Å². The SMILES string of the molecule is Cc1ccccc1CC(O)Cc1cccc(O)c1. The summed E-state index contributed by atoms with van der Waals surface area (Å²) in [5.74, 6) is 0.246. The molecule has 0 radical (unpaired) electrons. The highest BCUT2D eigenvalue weighted by Crippen LogP contribution is 2.15. The molecule has 0 aliphatic carbocycles. The summed E-state index contributed by atoms with van der Waals surface area (Å²) in [4.78, 5) is 0. The summed E-state index contributed by atoms with van der Waals surface area (Å²) in [6, 6.07) is 15.1. The van der Waals surface area contributed by atoms with Gasteiger partial charge in [0.15, 0.2) is 0 Å². The van der Waals surface area contributed by atoms with Crippen molar-refractivity contribution in [3.05, 3.63) is 65.2 Å². The van der Waals surface area contributed by atoms with Crippen LogP contribution in [0.15, 0.2) is 48.5 Å². The average Bonchev–Trinajstić information content (AvgIpc) is 2.32. The maximum absolute atomic E-state index is 10.1. The number of aromatic hydroxyl groups is 1. The third kappa shape index (κ3) is 3.34. The van der Waals surface area contributed by atoms with E-state index in [1.165, 1.54) is 11.1 Å². The monoisotopic (exact) mass is 242 g/mol. The van der Waals surface area contributed by atoms with Crippen LogP contribution in [0, 0.1) is 6.92 Å². The van der Waals surface area contributed by atoms with Crippen molar-refractivity contribution < 1.29 is 10.2 Å². The second-order valence-electron chi connectivity index (χ2n) is 4.66. The molecule has 0 saturated carbocycles. The van der Waals surface area contributed by atoms with Crippen molar-refractivity contribution in [3.8, 4) is 5.75 Å². The zero-order valence-corrected chi connectivity index (χ0v) is 10.5.